The number of H-pyrrole nitrogens is 1. The molecule has 2 bridgehead atoms. The van der Waals surface area contributed by atoms with Gasteiger partial charge in [0.1, 0.15) is 12.4 Å². The van der Waals surface area contributed by atoms with Crippen LogP contribution < -0.4 is 14.5 Å². The third-order valence-electron chi connectivity index (χ3n) is 10.3. The minimum Gasteiger partial charge on any atom is -0.489 e. The number of aryl methyl sites for hydroxylation is 1. The van der Waals surface area contributed by atoms with Crippen LogP contribution in [0.4, 0.5) is 5.69 Å². The second-order valence-electron chi connectivity index (χ2n) is 12.6. The van der Waals surface area contributed by atoms with Gasteiger partial charge in [0.05, 0.1) is 34.7 Å². The number of carbonyl (C=O) groups excluding carboxylic acids is 3. The molecule has 4 aliphatic rings. The third kappa shape index (κ3) is 4.92. The Kier molecular flexibility index (Phi) is 7.69. The molecule has 3 aromatic carbocycles. The van der Waals surface area contributed by atoms with Gasteiger partial charge in [-0.3, -0.25) is 19.3 Å². The maximum Gasteiger partial charge on any atom is 0.338 e. The van der Waals surface area contributed by atoms with Crippen LogP contribution >= 0.6 is 39.0 Å². The van der Waals surface area contributed by atoms with Gasteiger partial charge in [0.15, 0.2) is 0 Å². The second kappa shape index (κ2) is 11.8. The van der Waals surface area contributed by atoms with Crippen molar-refractivity contribution in [3.05, 3.63) is 108 Å². The van der Waals surface area contributed by atoms with E-state index in [1.807, 2.05) is 24.3 Å². The van der Waals surface area contributed by atoms with Crippen molar-refractivity contribution in [3.8, 4) is 5.75 Å². The number of carbonyl (C=O) groups is 3. The van der Waals surface area contributed by atoms with Gasteiger partial charge in [-0.2, -0.15) is 0 Å². The Labute approximate surface area is 288 Å². The van der Waals surface area contributed by atoms with Crippen molar-refractivity contribution in [2.75, 3.05) is 11.5 Å². The standard InChI is InChI=1S/C36H31BrN2O6S2/c1-3-44-35(42)18-8-11-21(12-9-18)39-33(40)28-23-15-24(29(28)34(39)41)30-27(23)26(31-32(46-30)38-36(43)47-31)22-14-20(37)10-13-25(22)45-16-19-7-5-4-6-17(19)2/h4-14,23-24,26-30H,3,15-16H2,1-2H3,(H,38,43)/t23-,24-,26+,27+,28+,29+,30-/m1/s1. The van der Waals surface area contributed by atoms with Gasteiger partial charge < -0.3 is 14.5 Å². The predicted molar refractivity (Wildman–Crippen MR) is 183 cm³/mol. The van der Waals surface area contributed by atoms with E-state index in [4.69, 9.17) is 9.47 Å². The predicted octanol–water partition coefficient (Wildman–Crippen LogP) is 6.94. The molecule has 1 aromatic heterocycles. The topological polar surface area (TPSA) is 106 Å². The van der Waals surface area contributed by atoms with Crippen LogP contribution in [0.15, 0.2) is 81.0 Å². The Balaban J connectivity index is 1.16. The zero-order valence-corrected chi connectivity index (χ0v) is 28.8. The third-order valence-corrected chi connectivity index (χ3v) is 13.4. The molecular formula is C36H31BrN2O6S2. The molecule has 3 heterocycles. The first-order valence-electron chi connectivity index (χ1n) is 15.8. The van der Waals surface area contributed by atoms with Gasteiger partial charge in [0.2, 0.25) is 11.8 Å². The number of halogens is 1. The zero-order valence-electron chi connectivity index (χ0n) is 25.6. The molecule has 7 atom stereocenters. The van der Waals surface area contributed by atoms with E-state index >= 15 is 0 Å². The molecule has 8 nitrogen and oxygen atoms in total. The molecule has 2 amide bonds. The molecule has 0 radical (unpaired) electrons. The van der Waals surface area contributed by atoms with E-state index in [-0.39, 0.29) is 52.2 Å². The fourth-order valence-corrected chi connectivity index (χ4v) is 11.7. The van der Waals surface area contributed by atoms with Crippen molar-refractivity contribution in [1.29, 1.82) is 0 Å². The number of esters is 1. The minimum absolute atomic E-state index is 0.0113. The van der Waals surface area contributed by atoms with Crippen LogP contribution in [-0.2, 0) is 20.9 Å². The number of anilines is 1. The first kappa shape index (κ1) is 30.7. The first-order chi connectivity index (χ1) is 22.7. The second-order valence-corrected chi connectivity index (χ2v) is 15.8. The van der Waals surface area contributed by atoms with Gasteiger partial charge in [-0.25, -0.2) is 4.79 Å². The van der Waals surface area contributed by atoms with E-state index in [0.29, 0.717) is 17.9 Å². The van der Waals surface area contributed by atoms with Gasteiger partial charge in [0, 0.05) is 26.1 Å². The number of benzene rings is 3. The lowest BCUT2D eigenvalue weighted by molar-refractivity contribution is -0.123. The van der Waals surface area contributed by atoms with Crippen molar-refractivity contribution < 1.29 is 23.9 Å². The highest BCUT2D eigenvalue weighted by molar-refractivity contribution is 9.10. The molecule has 0 spiro atoms. The number of rotatable bonds is 7. The van der Waals surface area contributed by atoms with Gasteiger partial charge in [-0.05, 0) is 91.6 Å². The van der Waals surface area contributed by atoms with Gasteiger partial charge in [0.25, 0.3) is 0 Å². The van der Waals surface area contributed by atoms with E-state index in [9.17, 15) is 19.2 Å². The monoisotopic (exact) mass is 730 g/mol. The summed E-state index contributed by atoms with van der Waals surface area (Å²) in [6, 6.07) is 20.7. The van der Waals surface area contributed by atoms with Crippen LogP contribution in [0, 0.1) is 36.5 Å². The van der Waals surface area contributed by atoms with E-state index in [0.717, 1.165) is 43.2 Å². The summed E-state index contributed by atoms with van der Waals surface area (Å²) in [4.78, 5) is 58.5. The molecule has 3 fully saturated rings. The Morgan fingerprint density at radius 3 is 2.49 bits per heavy atom. The summed E-state index contributed by atoms with van der Waals surface area (Å²) < 4.78 is 12.5. The Morgan fingerprint density at radius 2 is 1.74 bits per heavy atom. The average molecular weight is 732 g/mol. The quantitative estimate of drug-likeness (QED) is 0.162. The summed E-state index contributed by atoms with van der Waals surface area (Å²) in [5, 5.41) is 0.901. The molecule has 47 heavy (non-hydrogen) atoms. The molecule has 8 rings (SSSR count). The van der Waals surface area contributed by atoms with Crippen LogP contribution in [0.3, 0.4) is 0 Å². The summed E-state index contributed by atoms with van der Waals surface area (Å²) in [5.41, 5.74) is 4.06. The van der Waals surface area contributed by atoms with Crippen LogP contribution in [0.25, 0.3) is 0 Å². The summed E-state index contributed by atoms with van der Waals surface area (Å²) in [7, 11) is 0. The molecule has 11 heteroatoms. The number of fused-ring (bicyclic) bond motifs is 9. The number of ether oxygens (including phenoxy) is 2. The number of hydrogen-bond donors (Lipinski definition) is 1. The van der Waals surface area contributed by atoms with Gasteiger partial charge >= 0.3 is 10.8 Å². The molecule has 240 valence electrons. The normalized spacial score (nSPS) is 27.0. The Morgan fingerprint density at radius 1 is 1.00 bits per heavy atom. The fraction of sp³-hybridized carbons (Fsp3) is 0.333. The van der Waals surface area contributed by atoms with E-state index in [1.165, 1.54) is 16.2 Å². The number of aromatic nitrogens is 1. The lowest BCUT2D eigenvalue weighted by Crippen LogP contribution is -2.42. The van der Waals surface area contributed by atoms with Crippen LogP contribution in [-0.4, -0.2) is 34.6 Å². The summed E-state index contributed by atoms with van der Waals surface area (Å²) in [5.74, 6) is -1.12. The van der Waals surface area contributed by atoms with Crippen molar-refractivity contribution in [2.45, 2.75) is 43.1 Å². The Hall–Kier alpha value is -3.67. The van der Waals surface area contributed by atoms with E-state index < -0.39 is 17.8 Å². The summed E-state index contributed by atoms with van der Waals surface area (Å²) >= 11 is 6.58. The molecule has 1 saturated heterocycles. The van der Waals surface area contributed by atoms with Crippen molar-refractivity contribution in [1.82, 2.24) is 4.98 Å². The van der Waals surface area contributed by atoms with Crippen LogP contribution in [0.1, 0.15) is 51.2 Å². The SMILES string of the molecule is CCOC(=O)c1ccc(N2C(=O)[C@H]3[C@H]4C[C@@H]([C@@H]3C2=O)[C@H]2[C@H](c3cc(Br)ccc3OCc3ccccc3C)c3sc(=O)[nH]c3S[C@H]42)cc1. The number of thiazole rings is 1. The number of nitrogens with one attached hydrogen (secondary N) is 1. The van der Waals surface area contributed by atoms with Crippen molar-refractivity contribution in [2.24, 2.45) is 29.6 Å². The van der Waals surface area contributed by atoms with Crippen LogP contribution in [0.5, 0.6) is 5.75 Å². The van der Waals surface area contributed by atoms with Crippen molar-refractivity contribution >= 4 is 62.5 Å². The van der Waals surface area contributed by atoms with Crippen molar-refractivity contribution in [3.63, 3.8) is 0 Å². The molecule has 0 unspecified atom stereocenters. The first-order valence-corrected chi connectivity index (χ1v) is 18.3. The highest BCUT2D eigenvalue weighted by atomic mass is 79.9. The molecule has 2 aliphatic carbocycles. The maximum atomic E-state index is 14.2. The molecule has 4 aromatic rings. The van der Waals surface area contributed by atoms with Gasteiger partial charge in [-0.1, -0.05) is 51.5 Å². The smallest absolute Gasteiger partial charge is 0.338 e. The van der Waals surface area contributed by atoms with Gasteiger partial charge in [-0.15, -0.1) is 11.8 Å². The number of amides is 2. The number of thioether (sulfide) groups is 1. The molecular weight excluding hydrogens is 700 g/mol. The largest absolute Gasteiger partial charge is 0.489 e. The minimum atomic E-state index is -0.444. The number of hydrogen-bond acceptors (Lipinski definition) is 8. The lowest BCUT2D eigenvalue weighted by atomic mass is 9.68. The molecule has 1 N–H and O–H groups in total. The molecule has 2 aliphatic heterocycles. The summed E-state index contributed by atoms with van der Waals surface area (Å²) in [6.45, 7) is 4.48. The number of nitrogens with zero attached hydrogens (tertiary/aromatic N) is 1. The van der Waals surface area contributed by atoms with E-state index in [2.05, 4.69) is 46.0 Å². The molecule has 2 saturated carbocycles. The highest BCUT2D eigenvalue weighted by Crippen LogP contribution is 2.69. The van der Waals surface area contributed by atoms with Crippen LogP contribution in [0.2, 0.25) is 0 Å². The summed E-state index contributed by atoms with van der Waals surface area (Å²) in [6.07, 6.45) is 0.786. The maximum absolute atomic E-state index is 14.2. The number of aromatic amines is 1. The zero-order chi connectivity index (χ0) is 32.6. The average Bonchev–Trinajstić information content (AvgIpc) is 3.80. The van der Waals surface area contributed by atoms with E-state index in [1.54, 1.807) is 43.0 Å². The number of imide groups is 1. The lowest BCUT2D eigenvalue weighted by Gasteiger charge is -2.43. The highest BCUT2D eigenvalue weighted by Gasteiger charge is 2.69. The fourth-order valence-electron chi connectivity index (χ4n) is 8.40. The Bertz CT molecular complexity index is 1990.